The first-order valence-electron chi connectivity index (χ1n) is 4.52. The predicted octanol–water partition coefficient (Wildman–Crippen LogP) is 0.420. The zero-order valence-corrected chi connectivity index (χ0v) is 7.11. The maximum absolute atomic E-state index is 3.94. The van der Waals surface area contributed by atoms with Gasteiger partial charge in [0.15, 0.2) is 0 Å². The van der Waals surface area contributed by atoms with Gasteiger partial charge in [-0.05, 0) is 19.4 Å². The quantitative estimate of drug-likeness (QED) is 0.692. The Labute approximate surface area is 72.0 Å². The monoisotopic (exact) mass is 166 g/mol. The standard InChI is InChI=1S/C8H14N4/c1-2-4-9-8(3-1)7-12-6-5-10-11-12/h5-6,8-9H,1-4,7H2. The lowest BCUT2D eigenvalue weighted by Gasteiger charge is -2.22. The summed E-state index contributed by atoms with van der Waals surface area (Å²) in [6, 6.07) is 0.598. The van der Waals surface area contributed by atoms with Crippen LogP contribution in [-0.2, 0) is 6.54 Å². The lowest BCUT2D eigenvalue weighted by atomic mass is 10.1. The molecule has 1 fully saturated rings. The number of nitrogens with one attached hydrogen (secondary N) is 1. The Morgan fingerprint density at radius 3 is 3.17 bits per heavy atom. The summed E-state index contributed by atoms with van der Waals surface area (Å²) in [5, 5.41) is 11.2. The number of nitrogens with zero attached hydrogens (tertiary/aromatic N) is 3. The van der Waals surface area contributed by atoms with Crippen molar-refractivity contribution in [3.8, 4) is 0 Å². The lowest BCUT2D eigenvalue weighted by molar-refractivity contribution is 0.348. The second-order valence-corrected chi connectivity index (χ2v) is 3.27. The second-order valence-electron chi connectivity index (χ2n) is 3.27. The highest BCUT2D eigenvalue weighted by molar-refractivity contribution is 4.74. The normalized spacial score (nSPS) is 24.2. The van der Waals surface area contributed by atoms with Gasteiger partial charge in [0.25, 0.3) is 0 Å². The Hall–Kier alpha value is -0.900. The molecule has 12 heavy (non-hydrogen) atoms. The lowest BCUT2D eigenvalue weighted by Crippen LogP contribution is -2.37. The second kappa shape index (κ2) is 3.67. The summed E-state index contributed by atoms with van der Waals surface area (Å²) < 4.78 is 1.89. The van der Waals surface area contributed by atoms with E-state index in [9.17, 15) is 0 Å². The van der Waals surface area contributed by atoms with Gasteiger partial charge in [0.1, 0.15) is 0 Å². The van der Waals surface area contributed by atoms with E-state index < -0.39 is 0 Å². The molecule has 0 bridgehead atoms. The molecule has 0 saturated carbocycles. The molecule has 1 atom stereocenters. The van der Waals surface area contributed by atoms with E-state index in [1.54, 1.807) is 6.20 Å². The van der Waals surface area contributed by atoms with Crippen LogP contribution >= 0.6 is 0 Å². The van der Waals surface area contributed by atoms with Crippen molar-refractivity contribution in [2.45, 2.75) is 31.8 Å². The van der Waals surface area contributed by atoms with Gasteiger partial charge in [-0.25, -0.2) is 0 Å². The highest BCUT2D eigenvalue weighted by atomic mass is 15.4. The third-order valence-electron chi connectivity index (χ3n) is 2.29. The summed E-state index contributed by atoms with van der Waals surface area (Å²) >= 11 is 0. The predicted molar refractivity (Wildman–Crippen MR) is 45.7 cm³/mol. The Bertz CT molecular complexity index is 213. The molecule has 1 saturated heterocycles. The van der Waals surface area contributed by atoms with E-state index in [2.05, 4.69) is 15.6 Å². The van der Waals surface area contributed by atoms with E-state index in [4.69, 9.17) is 0 Å². The first-order valence-corrected chi connectivity index (χ1v) is 4.52. The third-order valence-corrected chi connectivity index (χ3v) is 2.29. The van der Waals surface area contributed by atoms with Gasteiger partial charge in [0.05, 0.1) is 12.7 Å². The van der Waals surface area contributed by atoms with Crippen LogP contribution in [-0.4, -0.2) is 27.6 Å². The first kappa shape index (κ1) is 7.73. The molecule has 1 aromatic rings. The zero-order valence-electron chi connectivity index (χ0n) is 7.11. The largest absolute Gasteiger partial charge is 0.312 e. The summed E-state index contributed by atoms with van der Waals surface area (Å²) in [7, 11) is 0. The molecule has 0 aliphatic carbocycles. The molecule has 0 aromatic carbocycles. The van der Waals surface area contributed by atoms with Crippen LogP contribution < -0.4 is 5.32 Å². The minimum Gasteiger partial charge on any atom is -0.312 e. The molecule has 1 aliphatic heterocycles. The maximum atomic E-state index is 3.94. The number of piperidine rings is 1. The van der Waals surface area contributed by atoms with Crippen molar-refractivity contribution in [2.24, 2.45) is 0 Å². The molecular weight excluding hydrogens is 152 g/mol. The molecule has 0 radical (unpaired) electrons. The molecule has 4 nitrogen and oxygen atoms in total. The molecule has 4 heteroatoms. The van der Waals surface area contributed by atoms with E-state index in [0.717, 1.165) is 13.1 Å². The summed E-state index contributed by atoms with van der Waals surface area (Å²) in [5.41, 5.74) is 0. The van der Waals surface area contributed by atoms with Crippen molar-refractivity contribution in [1.29, 1.82) is 0 Å². The van der Waals surface area contributed by atoms with E-state index in [1.807, 2.05) is 10.9 Å². The van der Waals surface area contributed by atoms with Gasteiger partial charge in [-0.15, -0.1) is 5.10 Å². The molecule has 2 heterocycles. The molecular formula is C8H14N4. The zero-order chi connectivity index (χ0) is 8.23. The number of hydrogen-bond acceptors (Lipinski definition) is 3. The Morgan fingerprint density at radius 1 is 1.50 bits per heavy atom. The fourth-order valence-electron chi connectivity index (χ4n) is 1.64. The van der Waals surface area contributed by atoms with Crippen LogP contribution in [0.5, 0.6) is 0 Å². The van der Waals surface area contributed by atoms with Crippen molar-refractivity contribution in [1.82, 2.24) is 20.3 Å². The summed E-state index contributed by atoms with van der Waals surface area (Å²) in [6.07, 6.45) is 7.55. The highest BCUT2D eigenvalue weighted by Gasteiger charge is 2.12. The molecule has 0 spiro atoms. The van der Waals surface area contributed by atoms with Gasteiger partial charge >= 0.3 is 0 Å². The van der Waals surface area contributed by atoms with Crippen molar-refractivity contribution < 1.29 is 0 Å². The molecule has 1 aliphatic rings. The Morgan fingerprint density at radius 2 is 2.50 bits per heavy atom. The SMILES string of the molecule is c1cn(CC2CCCCN2)nn1. The van der Waals surface area contributed by atoms with E-state index in [0.29, 0.717) is 6.04 Å². The van der Waals surface area contributed by atoms with Crippen LogP contribution in [0.4, 0.5) is 0 Å². The van der Waals surface area contributed by atoms with Crippen LogP contribution in [0.15, 0.2) is 12.4 Å². The number of hydrogen-bond donors (Lipinski definition) is 1. The highest BCUT2D eigenvalue weighted by Crippen LogP contribution is 2.07. The summed E-state index contributed by atoms with van der Waals surface area (Å²) in [5.74, 6) is 0. The van der Waals surface area contributed by atoms with Crippen LogP contribution in [0, 0.1) is 0 Å². The number of aromatic nitrogens is 3. The minimum absolute atomic E-state index is 0.598. The van der Waals surface area contributed by atoms with E-state index in [-0.39, 0.29) is 0 Å². The summed E-state index contributed by atoms with van der Waals surface area (Å²) in [4.78, 5) is 0. The minimum atomic E-state index is 0.598. The average Bonchev–Trinajstić information content (AvgIpc) is 2.59. The van der Waals surface area contributed by atoms with Crippen molar-refractivity contribution in [3.63, 3.8) is 0 Å². The van der Waals surface area contributed by atoms with Crippen molar-refractivity contribution in [3.05, 3.63) is 12.4 Å². The van der Waals surface area contributed by atoms with Gasteiger partial charge in [-0.1, -0.05) is 11.6 Å². The van der Waals surface area contributed by atoms with Gasteiger partial charge in [0.2, 0.25) is 0 Å². The first-order chi connectivity index (χ1) is 5.95. The van der Waals surface area contributed by atoms with E-state index >= 15 is 0 Å². The average molecular weight is 166 g/mol. The van der Waals surface area contributed by atoms with Crippen molar-refractivity contribution in [2.75, 3.05) is 6.54 Å². The molecule has 1 unspecified atom stereocenters. The van der Waals surface area contributed by atoms with Crippen molar-refractivity contribution >= 4 is 0 Å². The molecule has 0 amide bonds. The van der Waals surface area contributed by atoms with Crippen LogP contribution in [0.1, 0.15) is 19.3 Å². The van der Waals surface area contributed by atoms with Crippen LogP contribution in [0.25, 0.3) is 0 Å². The Balaban J connectivity index is 1.86. The molecule has 1 N–H and O–H groups in total. The number of rotatable bonds is 2. The summed E-state index contributed by atoms with van der Waals surface area (Å²) in [6.45, 7) is 2.11. The van der Waals surface area contributed by atoms with Gasteiger partial charge in [0, 0.05) is 12.2 Å². The third kappa shape index (κ3) is 1.82. The van der Waals surface area contributed by atoms with E-state index in [1.165, 1.54) is 19.3 Å². The van der Waals surface area contributed by atoms with Gasteiger partial charge in [-0.3, -0.25) is 4.68 Å². The fourth-order valence-corrected chi connectivity index (χ4v) is 1.64. The maximum Gasteiger partial charge on any atom is 0.0692 e. The van der Waals surface area contributed by atoms with Crippen LogP contribution in [0.2, 0.25) is 0 Å². The van der Waals surface area contributed by atoms with Crippen LogP contribution in [0.3, 0.4) is 0 Å². The Kier molecular flexibility index (Phi) is 2.36. The molecule has 1 aromatic heterocycles. The fraction of sp³-hybridized carbons (Fsp3) is 0.750. The molecule has 66 valence electrons. The van der Waals surface area contributed by atoms with Gasteiger partial charge in [-0.2, -0.15) is 0 Å². The molecule has 2 rings (SSSR count). The topological polar surface area (TPSA) is 42.7 Å². The van der Waals surface area contributed by atoms with Gasteiger partial charge < -0.3 is 5.32 Å². The smallest absolute Gasteiger partial charge is 0.0692 e.